The molecule has 9 nitrogen and oxygen atoms in total. The molecule has 9 heteroatoms. The molecular weight excluding hydrogens is 452 g/mol. The van der Waals surface area contributed by atoms with Crippen LogP contribution >= 0.6 is 0 Å². The standard InChI is InChI=1S/C27H34N8O/c1-15(2)23-24(31-32-25(23)21-12-35-26(29-14-30-35)18(6)17(21)5)19-9-22-27(28-10-19)34-8-7-33(16(3)4)11-20(34)13-36-22/h9-10,12,14-16,20H,7-8,11,13H2,1-6H3,(H,31,32)/t20-/m0/s1. The number of anilines is 1. The number of nitrogens with one attached hydrogen (secondary N) is 1. The van der Waals surface area contributed by atoms with Crippen LogP contribution in [0.4, 0.5) is 5.82 Å². The van der Waals surface area contributed by atoms with Gasteiger partial charge in [0.25, 0.3) is 0 Å². The highest BCUT2D eigenvalue weighted by Crippen LogP contribution is 2.41. The summed E-state index contributed by atoms with van der Waals surface area (Å²) in [5, 5.41) is 12.5. The van der Waals surface area contributed by atoms with E-state index < -0.39 is 0 Å². The fraction of sp³-hybridized carbons (Fsp3) is 0.481. The third-order valence-electron chi connectivity index (χ3n) is 7.83. The molecule has 4 aromatic rings. The van der Waals surface area contributed by atoms with Gasteiger partial charge in [0, 0.05) is 54.8 Å². The van der Waals surface area contributed by atoms with Crippen LogP contribution in [0.25, 0.3) is 28.2 Å². The molecule has 6 heterocycles. The number of aromatic nitrogens is 6. The quantitative estimate of drug-likeness (QED) is 0.462. The van der Waals surface area contributed by atoms with Crippen molar-refractivity contribution in [3.05, 3.63) is 41.5 Å². The van der Waals surface area contributed by atoms with Crippen LogP contribution in [0.2, 0.25) is 0 Å². The summed E-state index contributed by atoms with van der Waals surface area (Å²) < 4.78 is 8.10. The van der Waals surface area contributed by atoms with Gasteiger partial charge in [-0.25, -0.2) is 14.5 Å². The maximum absolute atomic E-state index is 6.26. The lowest BCUT2D eigenvalue weighted by atomic mass is 9.92. The van der Waals surface area contributed by atoms with E-state index in [1.165, 1.54) is 5.56 Å². The molecule has 1 N–H and O–H groups in total. The van der Waals surface area contributed by atoms with Crippen molar-refractivity contribution in [3.63, 3.8) is 0 Å². The molecule has 0 radical (unpaired) electrons. The van der Waals surface area contributed by atoms with Crippen LogP contribution in [0, 0.1) is 13.8 Å². The SMILES string of the molecule is Cc1c(-c2[nH]nc(-c3cnc4c(c3)OC[C@@H]3CN(C(C)C)CCN43)c2C(C)C)cn2ncnc2c1C. The second-order valence-electron chi connectivity index (χ2n) is 10.6. The van der Waals surface area contributed by atoms with Gasteiger partial charge in [0.2, 0.25) is 0 Å². The number of ether oxygens (including phenoxy) is 1. The number of piperazine rings is 1. The average Bonchev–Trinajstić information content (AvgIpc) is 3.53. The molecule has 0 bridgehead atoms. The van der Waals surface area contributed by atoms with Crippen LogP contribution in [-0.4, -0.2) is 73.0 Å². The highest BCUT2D eigenvalue weighted by molar-refractivity contribution is 5.79. The van der Waals surface area contributed by atoms with Crippen molar-refractivity contribution in [2.24, 2.45) is 0 Å². The first kappa shape index (κ1) is 23.0. The minimum Gasteiger partial charge on any atom is -0.487 e. The molecule has 4 aromatic heterocycles. The number of fused-ring (bicyclic) bond motifs is 4. The van der Waals surface area contributed by atoms with Gasteiger partial charge in [-0.2, -0.15) is 10.2 Å². The van der Waals surface area contributed by atoms with Gasteiger partial charge in [-0.15, -0.1) is 0 Å². The first-order valence-corrected chi connectivity index (χ1v) is 12.9. The van der Waals surface area contributed by atoms with Crippen molar-refractivity contribution in [1.82, 2.24) is 34.7 Å². The van der Waals surface area contributed by atoms with E-state index in [4.69, 9.17) is 14.8 Å². The molecule has 0 amide bonds. The number of H-pyrrole nitrogens is 1. The van der Waals surface area contributed by atoms with Crippen molar-refractivity contribution in [2.45, 2.75) is 59.5 Å². The first-order valence-electron chi connectivity index (χ1n) is 12.9. The van der Waals surface area contributed by atoms with Crippen molar-refractivity contribution in [1.29, 1.82) is 0 Å². The minimum absolute atomic E-state index is 0.255. The Morgan fingerprint density at radius 3 is 2.69 bits per heavy atom. The van der Waals surface area contributed by atoms with Gasteiger partial charge in [-0.3, -0.25) is 10.00 Å². The van der Waals surface area contributed by atoms with E-state index in [-0.39, 0.29) is 5.92 Å². The Morgan fingerprint density at radius 1 is 1.08 bits per heavy atom. The second kappa shape index (κ2) is 8.58. The van der Waals surface area contributed by atoms with Gasteiger partial charge >= 0.3 is 0 Å². The molecular formula is C27H34N8O. The molecule has 0 spiro atoms. The van der Waals surface area contributed by atoms with Crippen LogP contribution in [0.5, 0.6) is 5.75 Å². The fourth-order valence-electron chi connectivity index (χ4n) is 5.64. The zero-order valence-corrected chi connectivity index (χ0v) is 21.9. The molecule has 36 heavy (non-hydrogen) atoms. The molecule has 0 saturated carbocycles. The maximum atomic E-state index is 6.26. The lowest BCUT2D eigenvalue weighted by Gasteiger charge is -2.46. The predicted octanol–water partition coefficient (Wildman–Crippen LogP) is 4.21. The van der Waals surface area contributed by atoms with Crippen molar-refractivity contribution >= 4 is 11.5 Å². The van der Waals surface area contributed by atoms with Gasteiger partial charge in [-0.05, 0) is 50.8 Å². The second-order valence-corrected chi connectivity index (χ2v) is 10.6. The lowest BCUT2D eigenvalue weighted by molar-refractivity contribution is 0.140. The average molecular weight is 487 g/mol. The zero-order chi connectivity index (χ0) is 25.1. The minimum atomic E-state index is 0.255. The summed E-state index contributed by atoms with van der Waals surface area (Å²) >= 11 is 0. The summed E-state index contributed by atoms with van der Waals surface area (Å²) in [6, 6.07) is 3.00. The number of aromatic amines is 1. The summed E-state index contributed by atoms with van der Waals surface area (Å²) in [5.41, 5.74) is 8.32. The molecule has 1 fully saturated rings. The van der Waals surface area contributed by atoms with Crippen molar-refractivity contribution in [2.75, 3.05) is 31.1 Å². The van der Waals surface area contributed by atoms with Gasteiger partial charge < -0.3 is 9.64 Å². The summed E-state index contributed by atoms with van der Waals surface area (Å²) in [7, 11) is 0. The third kappa shape index (κ3) is 3.56. The smallest absolute Gasteiger partial charge is 0.171 e. The van der Waals surface area contributed by atoms with Crippen LogP contribution < -0.4 is 9.64 Å². The van der Waals surface area contributed by atoms with Crippen LogP contribution in [0.3, 0.4) is 0 Å². The van der Waals surface area contributed by atoms with Crippen molar-refractivity contribution < 1.29 is 4.74 Å². The number of hydrogen-bond acceptors (Lipinski definition) is 7. The van der Waals surface area contributed by atoms with Crippen molar-refractivity contribution in [3.8, 4) is 28.3 Å². The van der Waals surface area contributed by atoms with E-state index >= 15 is 0 Å². The van der Waals surface area contributed by atoms with E-state index in [1.807, 2.05) is 16.9 Å². The normalized spacial score (nSPS) is 18.1. The van der Waals surface area contributed by atoms with Gasteiger partial charge in [0.1, 0.15) is 12.9 Å². The Kier molecular flexibility index (Phi) is 5.48. The summed E-state index contributed by atoms with van der Waals surface area (Å²) in [4.78, 5) is 14.2. The number of hydrogen-bond donors (Lipinski definition) is 1. The highest BCUT2D eigenvalue weighted by Gasteiger charge is 2.35. The topological polar surface area (TPSA) is 87.5 Å². The first-order chi connectivity index (χ1) is 17.3. The van der Waals surface area contributed by atoms with E-state index in [1.54, 1.807) is 6.33 Å². The Bertz CT molecular complexity index is 1440. The van der Waals surface area contributed by atoms with E-state index in [0.717, 1.165) is 70.5 Å². The predicted molar refractivity (Wildman–Crippen MR) is 141 cm³/mol. The Morgan fingerprint density at radius 2 is 1.92 bits per heavy atom. The molecule has 0 aliphatic carbocycles. The third-order valence-corrected chi connectivity index (χ3v) is 7.83. The maximum Gasteiger partial charge on any atom is 0.171 e. The Hall–Kier alpha value is -3.46. The molecule has 1 atom stereocenters. The number of pyridine rings is 2. The molecule has 0 unspecified atom stereocenters. The molecule has 1 saturated heterocycles. The summed E-state index contributed by atoms with van der Waals surface area (Å²) in [6.07, 6.45) is 5.59. The van der Waals surface area contributed by atoms with E-state index in [0.29, 0.717) is 18.7 Å². The fourth-order valence-corrected chi connectivity index (χ4v) is 5.64. The van der Waals surface area contributed by atoms with Crippen LogP contribution in [0.1, 0.15) is 50.3 Å². The number of nitrogens with zero attached hydrogens (tertiary/aromatic N) is 7. The largest absolute Gasteiger partial charge is 0.487 e. The molecule has 0 aromatic carbocycles. The monoisotopic (exact) mass is 486 g/mol. The van der Waals surface area contributed by atoms with Gasteiger partial charge in [0.05, 0.1) is 17.4 Å². The molecule has 2 aliphatic heterocycles. The highest BCUT2D eigenvalue weighted by atomic mass is 16.5. The van der Waals surface area contributed by atoms with Crippen LogP contribution in [0.15, 0.2) is 24.8 Å². The Labute approximate surface area is 211 Å². The summed E-state index contributed by atoms with van der Waals surface area (Å²) in [6.45, 7) is 16.9. The van der Waals surface area contributed by atoms with Gasteiger partial charge in [-0.1, -0.05) is 13.8 Å². The Balaban J connectivity index is 1.39. The van der Waals surface area contributed by atoms with Crippen LogP contribution in [-0.2, 0) is 0 Å². The lowest BCUT2D eigenvalue weighted by Crippen LogP contribution is -2.58. The number of aryl methyl sites for hydroxylation is 1. The molecule has 188 valence electrons. The summed E-state index contributed by atoms with van der Waals surface area (Å²) in [5.74, 6) is 2.05. The number of rotatable bonds is 4. The van der Waals surface area contributed by atoms with E-state index in [9.17, 15) is 0 Å². The zero-order valence-electron chi connectivity index (χ0n) is 21.9. The van der Waals surface area contributed by atoms with E-state index in [2.05, 4.69) is 72.6 Å². The molecule has 2 aliphatic rings. The van der Waals surface area contributed by atoms with Gasteiger partial charge in [0.15, 0.2) is 17.2 Å². The molecule has 6 rings (SSSR count).